The third kappa shape index (κ3) is 3.79. The lowest BCUT2D eigenvalue weighted by Gasteiger charge is -2.25. The van der Waals surface area contributed by atoms with Crippen molar-refractivity contribution in [1.82, 2.24) is 9.88 Å². The van der Waals surface area contributed by atoms with Crippen LogP contribution in [0.1, 0.15) is 37.1 Å². The van der Waals surface area contributed by atoms with Gasteiger partial charge in [0.05, 0.1) is 11.3 Å². The summed E-state index contributed by atoms with van der Waals surface area (Å²) >= 11 is 1.24. The Bertz CT molecular complexity index is 762. The van der Waals surface area contributed by atoms with Gasteiger partial charge in [-0.15, -0.1) is 11.3 Å². The Kier molecular flexibility index (Phi) is 4.76. The van der Waals surface area contributed by atoms with Crippen LogP contribution in [0.3, 0.4) is 0 Å². The molecule has 3 nitrogen and oxygen atoms in total. The third-order valence-corrected chi connectivity index (χ3v) is 5.54. The van der Waals surface area contributed by atoms with Crippen molar-refractivity contribution < 1.29 is 17.6 Å². The van der Waals surface area contributed by atoms with Gasteiger partial charge in [0.25, 0.3) is 0 Å². The van der Waals surface area contributed by atoms with Crippen molar-refractivity contribution in [3.8, 4) is 11.3 Å². The van der Waals surface area contributed by atoms with Crippen LogP contribution < -0.4 is 5.73 Å². The molecule has 1 saturated heterocycles. The zero-order valence-electron chi connectivity index (χ0n) is 13.9. The molecule has 2 heterocycles. The normalized spacial score (nSPS) is 21.8. The van der Waals surface area contributed by atoms with E-state index in [4.69, 9.17) is 5.73 Å². The maximum Gasteiger partial charge on any atom is 0.416 e. The smallest absolute Gasteiger partial charge is 0.375 e. The number of nitrogens with zero attached hydrogens (tertiary/aromatic N) is 2. The van der Waals surface area contributed by atoms with Crippen LogP contribution in [0, 0.1) is 5.82 Å². The Hall–Kier alpha value is -1.67. The Morgan fingerprint density at radius 1 is 1.20 bits per heavy atom. The molecule has 0 bridgehead atoms. The lowest BCUT2D eigenvalue weighted by Crippen LogP contribution is -2.31. The van der Waals surface area contributed by atoms with Crippen molar-refractivity contribution in [2.75, 3.05) is 5.73 Å². The van der Waals surface area contributed by atoms with Crippen LogP contribution >= 0.6 is 11.3 Å². The second-order valence-electron chi connectivity index (χ2n) is 6.50. The molecule has 2 aromatic rings. The van der Waals surface area contributed by atoms with Crippen molar-refractivity contribution in [3.63, 3.8) is 0 Å². The molecule has 1 aromatic carbocycles. The summed E-state index contributed by atoms with van der Waals surface area (Å²) in [5.74, 6) is -0.940. The number of hydrogen-bond donors (Lipinski definition) is 1. The summed E-state index contributed by atoms with van der Waals surface area (Å²) < 4.78 is 52.7. The highest BCUT2D eigenvalue weighted by Crippen LogP contribution is 2.37. The number of benzene rings is 1. The summed E-state index contributed by atoms with van der Waals surface area (Å²) in [6.45, 7) is 4.79. The van der Waals surface area contributed by atoms with E-state index in [-0.39, 0.29) is 10.7 Å². The molecular formula is C17H19F4N3S. The van der Waals surface area contributed by atoms with Gasteiger partial charge in [-0.05, 0) is 44.9 Å². The van der Waals surface area contributed by atoms with E-state index in [0.717, 1.165) is 29.9 Å². The first kappa shape index (κ1) is 18.1. The monoisotopic (exact) mass is 373 g/mol. The Labute approximate surface area is 147 Å². The van der Waals surface area contributed by atoms with Crippen LogP contribution in [0.15, 0.2) is 18.2 Å². The highest BCUT2D eigenvalue weighted by molar-refractivity contribution is 7.15. The summed E-state index contributed by atoms with van der Waals surface area (Å²) in [5, 5.41) is 0.266. The summed E-state index contributed by atoms with van der Waals surface area (Å²) in [6, 6.07) is 3.25. The second-order valence-corrected chi connectivity index (χ2v) is 7.61. The van der Waals surface area contributed by atoms with E-state index in [2.05, 4.69) is 23.7 Å². The molecule has 8 heteroatoms. The lowest BCUT2D eigenvalue weighted by molar-refractivity contribution is -0.137. The zero-order chi connectivity index (χ0) is 18.4. The molecule has 1 aliphatic heterocycles. The van der Waals surface area contributed by atoms with Crippen molar-refractivity contribution in [1.29, 1.82) is 0 Å². The van der Waals surface area contributed by atoms with Crippen LogP contribution in [-0.2, 0) is 12.7 Å². The Morgan fingerprint density at radius 2 is 1.84 bits per heavy atom. The summed E-state index contributed by atoms with van der Waals surface area (Å²) in [7, 11) is 0. The molecule has 1 aromatic heterocycles. The number of rotatable bonds is 3. The van der Waals surface area contributed by atoms with E-state index >= 15 is 0 Å². The van der Waals surface area contributed by atoms with Crippen LogP contribution in [0.25, 0.3) is 11.3 Å². The third-order valence-electron chi connectivity index (χ3n) is 4.67. The number of anilines is 1. The molecule has 1 aliphatic rings. The number of aromatic nitrogens is 1. The molecule has 2 atom stereocenters. The predicted octanol–water partition coefficient (Wildman–Crippen LogP) is 4.92. The molecular weight excluding hydrogens is 354 g/mol. The molecule has 1 fully saturated rings. The number of nitrogen functional groups attached to an aromatic ring is 1. The first-order valence-electron chi connectivity index (χ1n) is 8.04. The van der Waals surface area contributed by atoms with Gasteiger partial charge < -0.3 is 5.73 Å². The van der Waals surface area contributed by atoms with Gasteiger partial charge >= 0.3 is 6.18 Å². The molecule has 136 valence electrons. The van der Waals surface area contributed by atoms with Gasteiger partial charge in [0, 0.05) is 29.1 Å². The molecule has 0 amide bonds. The van der Waals surface area contributed by atoms with Gasteiger partial charge in [-0.1, -0.05) is 0 Å². The minimum absolute atomic E-state index is 0.106. The number of halogens is 4. The van der Waals surface area contributed by atoms with Gasteiger partial charge in [-0.3, -0.25) is 4.90 Å². The Morgan fingerprint density at radius 3 is 2.44 bits per heavy atom. The largest absolute Gasteiger partial charge is 0.416 e. The van der Waals surface area contributed by atoms with Crippen LogP contribution in [-0.4, -0.2) is 22.0 Å². The molecule has 0 saturated carbocycles. The van der Waals surface area contributed by atoms with Gasteiger partial charge in [-0.2, -0.15) is 13.2 Å². The fourth-order valence-electron chi connectivity index (χ4n) is 3.32. The number of thiazole rings is 1. The van der Waals surface area contributed by atoms with Crippen LogP contribution in [0.5, 0.6) is 0 Å². The van der Waals surface area contributed by atoms with Crippen molar-refractivity contribution in [3.05, 3.63) is 34.5 Å². The van der Waals surface area contributed by atoms with E-state index in [1.54, 1.807) is 0 Å². The molecule has 25 heavy (non-hydrogen) atoms. The molecule has 3 rings (SSSR count). The lowest BCUT2D eigenvalue weighted by atomic mass is 10.1. The van der Waals surface area contributed by atoms with E-state index < -0.39 is 17.6 Å². The second kappa shape index (κ2) is 6.57. The quantitative estimate of drug-likeness (QED) is 0.777. The minimum atomic E-state index is -4.61. The number of hydrogen-bond acceptors (Lipinski definition) is 4. The standard InChI is InChI=1S/C17H19F4N3S/c1-9-3-4-10(2)24(9)8-14-15(23-16(22)25-14)11-5-12(17(19,20)21)7-13(18)6-11/h5-7,9-10H,3-4,8H2,1-2H3,(H2,22,23). The molecule has 0 aliphatic carbocycles. The number of nitrogens with two attached hydrogens (primary N) is 1. The summed E-state index contributed by atoms with van der Waals surface area (Å²) in [6.07, 6.45) is -2.47. The van der Waals surface area contributed by atoms with Crippen molar-refractivity contribution >= 4 is 16.5 Å². The van der Waals surface area contributed by atoms with Gasteiger partial charge in [0.2, 0.25) is 0 Å². The van der Waals surface area contributed by atoms with E-state index in [9.17, 15) is 17.6 Å². The van der Waals surface area contributed by atoms with Crippen molar-refractivity contribution in [2.24, 2.45) is 0 Å². The van der Waals surface area contributed by atoms with Gasteiger partial charge in [-0.25, -0.2) is 9.37 Å². The minimum Gasteiger partial charge on any atom is -0.375 e. The first-order chi connectivity index (χ1) is 11.6. The fraction of sp³-hybridized carbons (Fsp3) is 0.471. The van der Waals surface area contributed by atoms with Gasteiger partial charge in [0.15, 0.2) is 5.13 Å². The molecule has 2 N–H and O–H groups in total. The fourth-order valence-corrected chi connectivity index (χ4v) is 4.18. The Balaban J connectivity index is 2.00. The number of alkyl halides is 3. The van der Waals surface area contributed by atoms with Gasteiger partial charge in [0.1, 0.15) is 5.82 Å². The summed E-state index contributed by atoms with van der Waals surface area (Å²) in [4.78, 5) is 7.21. The van der Waals surface area contributed by atoms with E-state index in [1.807, 2.05) is 0 Å². The molecule has 0 radical (unpaired) electrons. The molecule has 2 unspecified atom stereocenters. The van der Waals surface area contributed by atoms with Crippen molar-refractivity contribution in [2.45, 2.75) is 51.5 Å². The van der Waals surface area contributed by atoms with Crippen LogP contribution in [0.2, 0.25) is 0 Å². The SMILES string of the molecule is CC1CCC(C)N1Cc1sc(N)nc1-c1cc(F)cc(C(F)(F)F)c1. The summed E-state index contributed by atoms with van der Waals surface area (Å²) in [5.41, 5.74) is 5.21. The van der Waals surface area contributed by atoms with E-state index in [1.165, 1.54) is 11.3 Å². The predicted molar refractivity (Wildman–Crippen MR) is 90.6 cm³/mol. The maximum atomic E-state index is 13.7. The van der Waals surface area contributed by atoms with E-state index in [0.29, 0.717) is 30.4 Å². The molecule has 0 spiro atoms. The number of likely N-dealkylation sites (tertiary alicyclic amines) is 1. The first-order valence-corrected chi connectivity index (χ1v) is 8.86. The average molecular weight is 373 g/mol. The highest BCUT2D eigenvalue weighted by Gasteiger charge is 2.33. The van der Waals surface area contributed by atoms with Crippen LogP contribution in [0.4, 0.5) is 22.7 Å². The maximum absolute atomic E-state index is 13.7. The zero-order valence-corrected chi connectivity index (χ0v) is 14.7. The topological polar surface area (TPSA) is 42.1 Å². The highest BCUT2D eigenvalue weighted by atomic mass is 32.1. The average Bonchev–Trinajstić information content (AvgIpc) is 3.03.